The fourth-order valence-electron chi connectivity index (χ4n) is 2.61. The van der Waals surface area contributed by atoms with Crippen molar-refractivity contribution in [1.29, 1.82) is 0 Å². The number of nitrogens with one attached hydrogen (secondary N) is 1. The van der Waals surface area contributed by atoms with Crippen molar-refractivity contribution in [3.8, 4) is 0 Å². The van der Waals surface area contributed by atoms with E-state index in [1.165, 1.54) is 0 Å². The van der Waals surface area contributed by atoms with E-state index in [9.17, 15) is 14.4 Å². The molecule has 1 heterocycles. The molecule has 0 unspecified atom stereocenters. The summed E-state index contributed by atoms with van der Waals surface area (Å²) < 4.78 is 4.95. The van der Waals surface area contributed by atoms with Gasteiger partial charge in [0, 0.05) is 32.7 Å². The molecule has 22 heavy (non-hydrogen) atoms. The van der Waals surface area contributed by atoms with Gasteiger partial charge in [-0.25, -0.2) is 4.79 Å². The van der Waals surface area contributed by atoms with E-state index in [0.29, 0.717) is 52.2 Å². The van der Waals surface area contributed by atoms with Crippen LogP contribution in [0.25, 0.3) is 0 Å². The van der Waals surface area contributed by atoms with Gasteiger partial charge in [-0.15, -0.1) is 6.58 Å². The van der Waals surface area contributed by atoms with Gasteiger partial charge in [-0.2, -0.15) is 0 Å². The van der Waals surface area contributed by atoms with E-state index in [1.807, 2.05) is 0 Å². The third-order valence-corrected chi connectivity index (χ3v) is 4.09. The van der Waals surface area contributed by atoms with E-state index in [-0.39, 0.29) is 17.9 Å². The third kappa shape index (κ3) is 3.23. The van der Waals surface area contributed by atoms with Crippen LogP contribution in [-0.2, 0) is 14.3 Å². The minimum atomic E-state index is -0.894. The van der Waals surface area contributed by atoms with Gasteiger partial charge in [0.25, 0.3) is 0 Å². The number of hydrogen-bond donors (Lipinski definition) is 1. The van der Waals surface area contributed by atoms with Crippen LogP contribution in [0.3, 0.4) is 0 Å². The Morgan fingerprint density at radius 1 is 1.18 bits per heavy atom. The van der Waals surface area contributed by atoms with Crippen molar-refractivity contribution in [2.45, 2.75) is 19.8 Å². The zero-order valence-corrected chi connectivity index (χ0v) is 13.0. The Kier molecular flexibility index (Phi) is 5.05. The first-order valence-corrected chi connectivity index (χ1v) is 7.65. The second-order valence-corrected chi connectivity index (χ2v) is 5.56. The van der Waals surface area contributed by atoms with Crippen molar-refractivity contribution in [3.05, 3.63) is 12.7 Å². The minimum Gasteiger partial charge on any atom is -0.450 e. The normalized spacial score (nSPS) is 19.3. The van der Waals surface area contributed by atoms with Crippen molar-refractivity contribution in [3.63, 3.8) is 0 Å². The zero-order chi connectivity index (χ0) is 16.2. The maximum absolute atomic E-state index is 12.6. The molecule has 1 saturated heterocycles. The Morgan fingerprint density at radius 3 is 2.27 bits per heavy atom. The first-order valence-electron chi connectivity index (χ1n) is 7.65. The summed E-state index contributed by atoms with van der Waals surface area (Å²) in [5.41, 5.74) is -0.894. The summed E-state index contributed by atoms with van der Waals surface area (Å²) in [6.45, 7) is 7.77. The molecule has 0 aromatic carbocycles. The molecular formula is C15H23N3O4. The van der Waals surface area contributed by atoms with Crippen molar-refractivity contribution in [1.82, 2.24) is 15.1 Å². The van der Waals surface area contributed by atoms with Crippen LogP contribution in [0.1, 0.15) is 19.8 Å². The van der Waals surface area contributed by atoms with E-state index in [4.69, 9.17) is 4.74 Å². The molecule has 0 aromatic heterocycles. The number of ether oxygens (including phenoxy) is 1. The van der Waals surface area contributed by atoms with Gasteiger partial charge in [0.15, 0.2) is 0 Å². The fraction of sp³-hybridized carbons (Fsp3) is 0.667. The first-order chi connectivity index (χ1) is 10.5. The number of amides is 3. The number of carbonyl (C=O) groups is 3. The van der Waals surface area contributed by atoms with Crippen LogP contribution in [0.5, 0.6) is 0 Å². The maximum Gasteiger partial charge on any atom is 0.409 e. The summed E-state index contributed by atoms with van der Waals surface area (Å²) in [7, 11) is 0. The number of hydrogen-bond acceptors (Lipinski definition) is 4. The van der Waals surface area contributed by atoms with Crippen LogP contribution >= 0.6 is 0 Å². The lowest BCUT2D eigenvalue weighted by Crippen LogP contribution is -2.54. The van der Waals surface area contributed by atoms with E-state index in [1.54, 1.807) is 22.8 Å². The van der Waals surface area contributed by atoms with Gasteiger partial charge in [0.05, 0.1) is 6.61 Å². The standard InChI is InChI=1S/C15H23N3O4/c1-3-7-16-12(19)15(5-6-15)13(20)17-8-10-18(11-9-17)14(21)22-4-2/h3H,1,4-11H2,2H3,(H,16,19). The Balaban J connectivity index is 1.88. The lowest BCUT2D eigenvalue weighted by Gasteiger charge is -2.35. The number of carbonyl (C=O) groups excluding carboxylic acids is 3. The average molecular weight is 309 g/mol. The molecule has 1 aliphatic carbocycles. The quantitative estimate of drug-likeness (QED) is 0.588. The van der Waals surface area contributed by atoms with Crippen molar-refractivity contribution < 1.29 is 19.1 Å². The summed E-state index contributed by atoms with van der Waals surface area (Å²) in [4.78, 5) is 39.6. The van der Waals surface area contributed by atoms with Crippen LogP contribution in [0.4, 0.5) is 4.79 Å². The molecule has 2 rings (SSSR count). The molecule has 7 heteroatoms. The molecule has 2 aliphatic rings. The van der Waals surface area contributed by atoms with E-state index >= 15 is 0 Å². The smallest absolute Gasteiger partial charge is 0.409 e. The van der Waals surface area contributed by atoms with Crippen LogP contribution < -0.4 is 5.32 Å². The monoisotopic (exact) mass is 309 g/mol. The molecule has 0 bridgehead atoms. The number of piperazine rings is 1. The first kappa shape index (κ1) is 16.3. The predicted molar refractivity (Wildman–Crippen MR) is 80.0 cm³/mol. The average Bonchev–Trinajstić information content (AvgIpc) is 3.34. The highest BCUT2D eigenvalue weighted by molar-refractivity contribution is 6.07. The second-order valence-electron chi connectivity index (χ2n) is 5.56. The Morgan fingerprint density at radius 2 is 1.77 bits per heavy atom. The highest BCUT2D eigenvalue weighted by Crippen LogP contribution is 2.47. The molecule has 1 saturated carbocycles. The number of nitrogens with zero attached hydrogens (tertiary/aromatic N) is 2. The highest BCUT2D eigenvalue weighted by Gasteiger charge is 2.58. The highest BCUT2D eigenvalue weighted by atomic mass is 16.6. The van der Waals surface area contributed by atoms with Gasteiger partial charge in [-0.1, -0.05) is 6.08 Å². The van der Waals surface area contributed by atoms with Gasteiger partial charge in [0.1, 0.15) is 5.41 Å². The van der Waals surface area contributed by atoms with Crippen molar-refractivity contribution in [2.75, 3.05) is 39.3 Å². The lowest BCUT2D eigenvalue weighted by atomic mass is 10.0. The molecule has 0 aromatic rings. The van der Waals surface area contributed by atoms with Gasteiger partial charge in [0.2, 0.25) is 11.8 Å². The van der Waals surface area contributed by atoms with Crippen molar-refractivity contribution in [2.24, 2.45) is 5.41 Å². The fourth-order valence-corrected chi connectivity index (χ4v) is 2.61. The molecule has 3 amide bonds. The van der Waals surface area contributed by atoms with Gasteiger partial charge >= 0.3 is 6.09 Å². The van der Waals surface area contributed by atoms with Crippen LogP contribution in [0.2, 0.25) is 0 Å². The molecule has 1 aliphatic heterocycles. The van der Waals surface area contributed by atoms with Crippen LogP contribution in [0, 0.1) is 5.41 Å². The lowest BCUT2D eigenvalue weighted by molar-refractivity contribution is -0.145. The Bertz CT molecular complexity index is 465. The van der Waals surface area contributed by atoms with Crippen molar-refractivity contribution >= 4 is 17.9 Å². The van der Waals surface area contributed by atoms with Gasteiger partial charge in [-0.3, -0.25) is 9.59 Å². The molecule has 1 N–H and O–H groups in total. The molecule has 122 valence electrons. The van der Waals surface area contributed by atoms with E-state index in [2.05, 4.69) is 11.9 Å². The third-order valence-electron chi connectivity index (χ3n) is 4.09. The molecule has 0 radical (unpaired) electrons. The number of rotatable bonds is 5. The molecule has 2 fully saturated rings. The largest absolute Gasteiger partial charge is 0.450 e. The maximum atomic E-state index is 12.6. The molecule has 7 nitrogen and oxygen atoms in total. The predicted octanol–water partition coefficient (Wildman–Crippen LogP) is 0.369. The summed E-state index contributed by atoms with van der Waals surface area (Å²) in [6, 6.07) is 0. The summed E-state index contributed by atoms with van der Waals surface area (Å²) in [5.74, 6) is -0.345. The molecule has 0 atom stereocenters. The van der Waals surface area contributed by atoms with Gasteiger partial charge in [-0.05, 0) is 19.8 Å². The zero-order valence-electron chi connectivity index (χ0n) is 13.0. The summed E-state index contributed by atoms with van der Waals surface area (Å²) >= 11 is 0. The molecular weight excluding hydrogens is 286 g/mol. The van der Waals surface area contributed by atoms with Gasteiger partial charge < -0.3 is 19.9 Å². The van der Waals surface area contributed by atoms with Crippen LogP contribution in [0.15, 0.2) is 12.7 Å². The minimum absolute atomic E-state index is 0.127. The second kappa shape index (κ2) is 6.81. The Labute approximate surface area is 130 Å². The Hall–Kier alpha value is -2.05. The topological polar surface area (TPSA) is 79.0 Å². The van der Waals surface area contributed by atoms with E-state index in [0.717, 1.165) is 0 Å². The van der Waals surface area contributed by atoms with Crippen LogP contribution in [-0.4, -0.2) is 67.0 Å². The van der Waals surface area contributed by atoms with E-state index < -0.39 is 5.41 Å². The SMILES string of the molecule is C=CCNC(=O)C1(C(=O)N2CCN(C(=O)OCC)CC2)CC1. The summed E-state index contributed by atoms with van der Waals surface area (Å²) in [6.07, 6.45) is 2.43. The summed E-state index contributed by atoms with van der Waals surface area (Å²) in [5, 5.41) is 2.71. The molecule has 0 spiro atoms.